The molecule has 1 saturated carbocycles. The van der Waals surface area contributed by atoms with Gasteiger partial charge >= 0.3 is 11.9 Å². The maximum Gasteiger partial charge on any atom is 0.338 e. The molecule has 2 aromatic carbocycles. The molecule has 0 spiro atoms. The van der Waals surface area contributed by atoms with Crippen LogP contribution in [0.25, 0.3) is 0 Å². The standard InChI is InChI=1S/C29H28N2O7/c1-2-3-13-37-28(35)17-9-11-21(12-10-17)30-23(32)16-38-29(36)20-5-4-6-22(15-20)31-26(33)24-18-7-8-19(14-18)25(24)27(31)34/h4-12,15,18-19,24-25H,2-3,13-14,16H2,1H3,(H,30,32)/t18-,19-,24-,25+/m0/s1. The summed E-state index contributed by atoms with van der Waals surface area (Å²) in [6.45, 7) is 1.82. The summed E-state index contributed by atoms with van der Waals surface area (Å²) in [7, 11) is 0. The van der Waals surface area contributed by atoms with Gasteiger partial charge in [0.15, 0.2) is 6.61 Å². The number of amides is 3. The lowest BCUT2D eigenvalue weighted by molar-refractivity contribution is -0.123. The van der Waals surface area contributed by atoms with E-state index in [0.29, 0.717) is 23.5 Å². The Hall–Kier alpha value is -4.27. The number of hydrogen-bond acceptors (Lipinski definition) is 7. The van der Waals surface area contributed by atoms with Crippen molar-refractivity contribution in [2.45, 2.75) is 26.2 Å². The molecule has 5 rings (SSSR count). The maximum atomic E-state index is 13.1. The van der Waals surface area contributed by atoms with E-state index in [1.165, 1.54) is 29.2 Å². The molecule has 2 fully saturated rings. The summed E-state index contributed by atoms with van der Waals surface area (Å²) in [5.74, 6) is -2.71. The zero-order valence-corrected chi connectivity index (χ0v) is 20.9. The van der Waals surface area contributed by atoms with E-state index in [9.17, 15) is 24.0 Å². The lowest BCUT2D eigenvalue weighted by Crippen LogP contribution is -2.33. The van der Waals surface area contributed by atoms with Crippen molar-refractivity contribution in [1.82, 2.24) is 0 Å². The Morgan fingerprint density at radius 3 is 2.21 bits per heavy atom. The van der Waals surface area contributed by atoms with Crippen molar-refractivity contribution in [3.05, 3.63) is 71.8 Å². The average Bonchev–Trinajstić information content (AvgIpc) is 3.61. The van der Waals surface area contributed by atoms with Crippen LogP contribution < -0.4 is 10.2 Å². The summed E-state index contributed by atoms with van der Waals surface area (Å²) in [6, 6.07) is 12.3. The highest BCUT2D eigenvalue weighted by Gasteiger charge is 2.59. The molecule has 3 aliphatic rings. The number of unbranched alkanes of at least 4 members (excludes halogenated alkanes) is 1. The second-order valence-electron chi connectivity index (χ2n) is 9.75. The van der Waals surface area contributed by atoms with Crippen molar-refractivity contribution >= 4 is 41.0 Å². The zero-order chi connectivity index (χ0) is 26.8. The van der Waals surface area contributed by atoms with Crippen LogP contribution in [-0.2, 0) is 23.9 Å². The number of allylic oxidation sites excluding steroid dienone is 2. The van der Waals surface area contributed by atoms with Gasteiger partial charge in [0.2, 0.25) is 11.8 Å². The first-order valence-corrected chi connectivity index (χ1v) is 12.8. The SMILES string of the molecule is CCCCOC(=O)c1ccc(NC(=O)COC(=O)c2cccc(N3C(=O)[C@@H]4[C@H](C3=O)[C@H]3C=C[C@H]4C3)c2)cc1. The van der Waals surface area contributed by atoms with E-state index < -0.39 is 24.5 Å². The number of esters is 2. The fourth-order valence-corrected chi connectivity index (χ4v) is 5.42. The van der Waals surface area contributed by atoms with Crippen LogP contribution in [0.3, 0.4) is 0 Å². The molecule has 1 aliphatic heterocycles. The topological polar surface area (TPSA) is 119 Å². The molecular weight excluding hydrogens is 488 g/mol. The number of nitrogens with one attached hydrogen (secondary N) is 1. The van der Waals surface area contributed by atoms with Crippen molar-refractivity contribution in [1.29, 1.82) is 0 Å². The third kappa shape index (κ3) is 4.83. The van der Waals surface area contributed by atoms with E-state index in [4.69, 9.17) is 9.47 Å². The van der Waals surface area contributed by atoms with Crippen molar-refractivity contribution in [3.8, 4) is 0 Å². The Kier molecular flexibility index (Phi) is 7.09. The van der Waals surface area contributed by atoms with Gasteiger partial charge in [0.25, 0.3) is 5.91 Å². The molecule has 3 amide bonds. The normalized spacial score (nSPS) is 22.9. The lowest BCUT2D eigenvalue weighted by atomic mass is 9.85. The lowest BCUT2D eigenvalue weighted by Gasteiger charge is -2.18. The highest BCUT2D eigenvalue weighted by atomic mass is 16.5. The molecule has 0 radical (unpaired) electrons. The number of carbonyl (C=O) groups is 5. The van der Waals surface area contributed by atoms with Crippen molar-refractivity contribution < 1.29 is 33.4 Å². The third-order valence-electron chi connectivity index (χ3n) is 7.28. The Morgan fingerprint density at radius 1 is 0.895 bits per heavy atom. The highest BCUT2D eigenvalue weighted by Crippen LogP contribution is 2.53. The summed E-state index contributed by atoms with van der Waals surface area (Å²) in [4.78, 5) is 64.2. The third-order valence-corrected chi connectivity index (χ3v) is 7.28. The first kappa shape index (κ1) is 25.4. The largest absolute Gasteiger partial charge is 0.462 e. The first-order valence-electron chi connectivity index (χ1n) is 12.8. The Bertz CT molecular complexity index is 1290. The summed E-state index contributed by atoms with van der Waals surface area (Å²) in [5.41, 5.74) is 1.24. The maximum absolute atomic E-state index is 13.1. The number of rotatable bonds is 9. The molecule has 4 atom stereocenters. The molecule has 2 aromatic rings. The Morgan fingerprint density at radius 2 is 1.55 bits per heavy atom. The van der Waals surface area contributed by atoms with Crippen molar-refractivity contribution in [2.24, 2.45) is 23.7 Å². The van der Waals surface area contributed by atoms with E-state index >= 15 is 0 Å². The van der Waals surface area contributed by atoms with Gasteiger partial charge in [-0.25, -0.2) is 14.5 Å². The molecule has 196 valence electrons. The van der Waals surface area contributed by atoms with Crippen LogP contribution in [0.1, 0.15) is 46.9 Å². The first-order chi connectivity index (χ1) is 18.4. The zero-order valence-electron chi connectivity index (χ0n) is 20.9. The van der Waals surface area contributed by atoms with Crippen LogP contribution in [0.5, 0.6) is 0 Å². The van der Waals surface area contributed by atoms with Gasteiger partial charge in [-0.15, -0.1) is 0 Å². The van der Waals surface area contributed by atoms with Gasteiger partial charge in [-0.2, -0.15) is 0 Å². The number of anilines is 2. The minimum atomic E-state index is -0.756. The number of carbonyl (C=O) groups excluding carboxylic acids is 5. The van der Waals surface area contributed by atoms with Gasteiger partial charge < -0.3 is 14.8 Å². The molecule has 9 heteroatoms. The molecule has 2 bridgehead atoms. The fourth-order valence-electron chi connectivity index (χ4n) is 5.42. The molecule has 0 unspecified atom stereocenters. The predicted molar refractivity (Wildman–Crippen MR) is 137 cm³/mol. The molecule has 1 heterocycles. The van der Waals surface area contributed by atoms with Crippen LogP contribution in [0, 0.1) is 23.7 Å². The second kappa shape index (κ2) is 10.6. The van der Waals surface area contributed by atoms with Gasteiger partial charge in [0, 0.05) is 5.69 Å². The van der Waals surface area contributed by atoms with E-state index in [-0.39, 0.29) is 41.0 Å². The quantitative estimate of drug-likeness (QED) is 0.233. The second-order valence-corrected chi connectivity index (χ2v) is 9.75. The van der Waals surface area contributed by atoms with Crippen molar-refractivity contribution in [3.63, 3.8) is 0 Å². The molecule has 1 saturated heterocycles. The smallest absolute Gasteiger partial charge is 0.338 e. The van der Waals surface area contributed by atoms with Crippen LogP contribution >= 0.6 is 0 Å². The minimum Gasteiger partial charge on any atom is -0.462 e. The van der Waals surface area contributed by atoms with Crippen molar-refractivity contribution in [2.75, 3.05) is 23.4 Å². The average molecular weight is 517 g/mol. The number of ether oxygens (including phenoxy) is 2. The monoisotopic (exact) mass is 516 g/mol. The van der Waals surface area contributed by atoms with Crippen LogP contribution in [-0.4, -0.2) is 42.9 Å². The molecule has 0 aromatic heterocycles. The number of benzene rings is 2. The van der Waals surface area contributed by atoms with Crippen LogP contribution in [0.4, 0.5) is 11.4 Å². The molecule has 38 heavy (non-hydrogen) atoms. The molecule has 9 nitrogen and oxygen atoms in total. The summed E-state index contributed by atoms with van der Waals surface area (Å²) in [5, 5.41) is 2.60. The predicted octanol–water partition coefficient (Wildman–Crippen LogP) is 3.75. The molecule has 2 aliphatic carbocycles. The molecule has 1 N–H and O–H groups in total. The van der Waals surface area contributed by atoms with Crippen LogP contribution in [0.15, 0.2) is 60.7 Å². The number of hydrogen-bond donors (Lipinski definition) is 1. The van der Waals surface area contributed by atoms with Gasteiger partial charge in [-0.05, 0) is 67.1 Å². The fraction of sp³-hybridized carbons (Fsp3) is 0.345. The summed E-state index contributed by atoms with van der Waals surface area (Å²) >= 11 is 0. The highest BCUT2D eigenvalue weighted by molar-refractivity contribution is 6.23. The van der Waals surface area contributed by atoms with E-state index in [1.54, 1.807) is 24.3 Å². The van der Waals surface area contributed by atoms with Gasteiger partial charge in [0.1, 0.15) is 0 Å². The van der Waals surface area contributed by atoms with Gasteiger partial charge in [-0.3, -0.25) is 14.4 Å². The van der Waals surface area contributed by atoms with Gasteiger partial charge in [0.05, 0.1) is 35.3 Å². The minimum absolute atomic E-state index is 0.0916. The Labute approximate surface area is 219 Å². The number of nitrogens with zero attached hydrogens (tertiary/aromatic N) is 1. The molecular formula is C29H28N2O7. The van der Waals surface area contributed by atoms with Gasteiger partial charge in [-0.1, -0.05) is 31.6 Å². The van der Waals surface area contributed by atoms with E-state index in [2.05, 4.69) is 5.32 Å². The summed E-state index contributed by atoms with van der Waals surface area (Å²) in [6.07, 6.45) is 6.60. The van der Waals surface area contributed by atoms with E-state index in [1.807, 2.05) is 19.1 Å². The summed E-state index contributed by atoms with van der Waals surface area (Å²) < 4.78 is 10.3. The van der Waals surface area contributed by atoms with E-state index in [0.717, 1.165) is 19.3 Å². The van der Waals surface area contributed by atoms with Crippen LogP contribution in [0.2, 0.25) is 0 Å². The Balaban J connectivity index is 1.15. The number of fused-ring (bicyclic) bond motifs is 5. The number of imide groups is 1.